The lowest BCUT2D eigenvalue weighted by Gasteiger charge is -2.33. The molecule has 2 rings (SSSR count). The highest BCUT2D eigenvalue weighted by Gasteiger charge is 2.52. The van der Waals surface area contributed by atoms with Gasteiger partial charge in [0.2, 0.25) is 0 Å². The van der Waals surface area contributed by atoms with Crippen molar-refractivity contribution in [1.82, 2.24) is 0 Å². The lowest BCUT2D eigenvalue weighted by molar-refractivity contribution is -0.214. The van der Waals surface area contributed by atoms with Crippen LogP contribution in [0.25, 0.3) is 0 Å². The summed E-state index contributed by atoms with van der Waals surface area (Å²) < 4.78 is 56.9. The third-order valence-corrected chi connectivity index (χ3v) is 8.98. The van der Waals surface area contributed by atoms with Crippen molar-refractivity contribution in [2.75, 3.05) is 26.4 Å². The first kappa shape index (κ1) is 40.1. The monoisotopic (exact) mass is 663 g/mol. The molecule has 11 nitrogen and oxygen atoms in total. The van der Waals surface area contributed by atoms with Gasteiger partial charge in [-0.1, -0.05) is 83.1 Å². The number of rotatable bonds is 28. The van der Waals surface area contributed by atoms with E-state index in [0.717, 1.165) is 64.2 Å². The maximum absolute atomic E-state index is 11.4. The van der Waals surface area contributed by atoms with Gasteiger partial charge in [-0.05, 0) is 45.4 Å². The highest BCUT2D eigenvalue weighted by atomic mass is 32.3. The minimum atomic E-state index is -4.45. The van der Waals surface area contributed by atoms with E-state index in [-0.39, 0.29) is 31.4 Å². The maximum atomic E-state index is 11.4. The van der Waals surface area contributed by atoms with E-state index in [9.17, 15) is 18.3 Å². The smallest absolute Gasteiger partial charge is 0.397 e. The third kappa shape index (κ3) is 18.7. The van der Waals surface area contributed by atoms with Gasteiger partial charge in [-0.15, -0.1) is 0 Å². The predicted octanol–water partition coefficient (Wildman–Crippen LogP) is 5.93. The van der Waals surface area contributed by atoms with E-state index < -0.39 is 28.3 Å². The second-order valence-electron chi connectivity index (χ2n) is 12.6. The van der Waals surface area contributed by atoms with Gasteiger partial charge in [0.25, 0.3) is 0 Å². The summed E-state index contributed by atoms with van der Waals surface area (Å²) in [6.07, 6.45) is 24.4. The van der Waals surface area contributed by atoms with Crippen molar-refractivity contribution < 1.29 is 46.0 Å². The molecule has 2 saturated heterocycles. The molecule has 0 aromatic rings. The molecule has 45 heavy (non-hydrogen) atoms. The molecule has 0 unspecified atom stereocenters. The third-order valence-electron chi connectivity index (χ3n) is 8.54. The first-order valence-electron chi connectivity index (χ1n) is 17.5. The molecule has 2 fully saturated rings. The zero-order chi connectivity index (χ0) is 32.8. The van der Waals surface area contributed by atoms with Crippen molar-refractivity contribution in [3.63, 3.8) is 0 Å². The number of carbonyl (C=O) groups excluding carboxylic acids is 1. The van der Waals surface area contributed by atoms with E-state index >= 15 is 0 Å². The molecule has 2 bridgehead atoms. The van der Waals surface area contributed by atoms with Crippen LogP contribution in [0.5, 0.6) is 0 Å². The topological polar surface area (TPSA) is 164 Å². The van der Waals surface area contributed by atoms with Crippen molar-refractivity contribution in [1.29, 1.82) is 0 Å². The number of unbranched alkanes of at least 4 members (excludes halogenated alkanes) is 14. The van der Waals surface area contributed by atoms with Crippen molar-refractivity contribution >= 4 is 16.4 Å². The lowest BCUT2D eigenvalue weighted by atomic mass is 9.94. The fourth-order valence-corrected chi connectivity index (χ4v) is 6.46. The van der Waals surface area contributed by atoms with Gasteiger partial charge >= 0.3 is 16.4 Å². The average molecular weight is 664 g/mol. The highest BCUT2D eigenvalue weighted by Crippen LogP contribution is 2.44. The van der Waals surface area contributed by atoms with E-state index in [1.165, 1.54) is 70.3 Å². The molecule has 0 amide bonds. The molecule has 0 radical (unpaired) electrons. The number of ether oxygens (including phenoxy) is 4. The van der Waals surface area contributed by atoms with Crippen LogP contribution in [0.2, 0.25) is 0 Å². The average Bonchev–Trinajstić information content (AvgIpc) is 3.30. The Morgan fingerprint density at radius 1 is 0.933 bits per heavy atom. The Morgan fingerprint density at radius 2 is 1.56 bits per heavy atom. The standard InChI is InChI=1S/C33H61NO10S/c1-2-41-31(36)21-17-13-12-16-20-30-32-29(35)22-24-33(43-30,44-32)23-18-14-10-8-6-4-3-5-7-9-11-15-19-25-40-26-28(34)27-42-45(37,38)39/h17,21,28-30,32,35H,2-16,18-20,22-27,34H2,1H3,(H,37,38,39)/b21-17+/t28-,29+,30+,32+,33-/m0/s1. The van der Waals surface area contributed by atoms with E-state index in [4.69, 9.17) is 29.2 Å². The molecule has 0 aromatic carbocycles. The Hall–Kier alpha value is -1.12. The van der Waals surface area contributed by atoms with Crippen molar-refractivity contribution in [3.8, 4) is 0 Å². The molecule has 2 heterocycles. The van der Waals surface area contributed by atoms with Gasteiger partial charge in [-0.3, -0.25) is 4.55 Å². The number of esters is 1. The second kappa shape index (κ2) is 23.2. The van der Waals surface area contributed by atoms with Crippen LogP contribution in [0.4, 0.5) is 0 Å². The molecule has 0 saturated carbocycles. The fourth-order valence-electron chi connectivity index (χ4n) is 6.11. The van der Waals surface area contributed by atoms with Crippen LogP contribution in [-0.2, 0) is 38.3 Å². The molecule has 4 N–H and O–H groups in total. The fraction of sp³-hybridized carbons (Fsp3) is 0.909. The van der Waals surface area contributed by atoms with Crippen LogP contribution in [0, 0.1) is 0 Å². The molecule has 0 spiro atoms. The minimum absolute atomic E-state index is 0.0503. The van der Waals surface area contributed by atoms with Gasteiger partial charge in [-0.25, -0.2) is 8.98 Å². The number of nitrogens with two attached hydrogens (primary N) is 1. The Kier molecular flexibility index (Phi) is 20.7. The lowest BCUT2D eigenvalue weighted by Crippen LogP contribution is -2.41. The van der Waals surface area contributed by atoms with Gasteiger partial charge in [0.05, 0.1) is 38.1 Å². The molecular weight excluding hydrogens is 602 g/mol. The number of allylic oxidation sites excluding steroid dienone is 1. The zero-order valence-electron chi connectivity index (χ0n) is 27.6. The van der Waals surface area contributed by atoms with Crippen molar-refractivity contribution in [2.24, 2.45) is 5.73 Å². The number of hydrogen-bond acceptors (Lipinski definition) is 10. The summed E-state index contributed by atoms with van der Waals surface area (Å²) in [5, 5.41) is 10.5. The number of carbonyl (C=O) groups is 1. The number of aliphatic hydroxyl groups excluding tert-OH is 1. The van der Waals surface area contributed by atoms with Gasteiger partial charge in [0.15, 0.2) is 5.79 Å². The Bertz CT molecular complexity index is 917. The Balaban J connectivity index is 1.39. The molecule has 264 valence electrons. The van der Waals surface area contributed by atoms with Gasteiger partial charge in [0.1, 0.15) is 6.10 Å². The van der Waals surface area contributed by atoms with Crippen LogP contribution in [-0.4, -0.2) is 80.6 Å². The summed E-state index contributed by atoms with van der Waals surface area (Å²) in [7, 11) is -4.45. The molecule has 5 atom stereocenters. The molecular formula is C33H61NO10S. The van der Waals surface area contributed by atoms with Crippen molar-refractivity contribution in [3.05, 3.63) is 12.2 Å². The number of hydrogen-bond donors (Lipinski definition) is 3. The van der Waals surface area contributed by atoms with Crippen molar-refractivity contribution in [2.45, 2.75) is 165 Å². The van der Waals surface area contributed by atoms with E-state index in [1.807, 2.05) is 6.08 Å². The number of aliphatic hydroxyl groups is 1. The molecule has 2 aliphatic heterocycles. The second-order valence-corrected chi connectivity index (χ2v) is 13.7. The zero-order valence-corrected chi connectivity index (χ0v) is 28.4. The molecule has 0 aromatic heterocycles. The maximum Gasteiger partial charge on any atom is 0.397 e. The van der Waals surface area contributed by atoms with E-state index in [0.29, 0.717) is 13.2 Å². The molecule has 2 aliphatic rings. The summed E-state index contributed by atoms with van der Waals surface area (Å²) in [4.78, 5) is 11.4. The SMILES string of the molecule is CCOC(=O)/C=C/CCCC[C@H]1O[C@]2(CCCCCCCCCCCCCCCOC[C@H](N)COS(=O)(=O)O)CC[C@@H](O)[C@H]1O2. The summed E-state index contributed by atoms with van der Waals surface area (Å²) in [6.45, 7) is 2.69. The highest BCUT2D eigenvalue weighted by molar-refractivity contribution is 7.80. The largest absolute Gasteiger partial charge is 0.463 e. The quantitative estimate of drug-likeness (QED) is 0.0394. The summed E-state index contributed by atoms with van der Waals surface area (Å²) in [6, 6.07) is -0.584. The first-order chi connectivity index (χ1) is 21.6. The van der Waals surface area contributed by atoms with Crippen LogP contribution < -0.4 is 5.73 Å². The summed E-state index contributed by atoms with van der Waals surface area (Å²) >= 11 is 0. The Morgan fingerprint density at radius 3 is 2.18 bits per heavy atom. The summed E-state index contributed by atoms with van der Waals surface area (Å²) in [5.74, 6) is -0.803. The first-order valence-corrected chi connectivity index (χ1v) is 18.8. The minimum Gasteiger partial charge on any atom is -0.463 e. The normalized spacial score (nSPS) is 24.0. The van der Waals surface area contributed by atoms with Gasteiger partial charge in [-0.2, -0.15) is 8.42 Å². The van der Waals surface area contributed by atoms with Crippen LogP contribution in [0.15, 0.2) is 12.2 Å². The van der Waals surface area contributed by atoms with Crippen LogP contribution >= 0.6 is 0 Å². The summed E-state index contributed by atoms with van der Waals surface area (Å²) in [5.41, 5.74) is 5.67. The van der Waals surface area contributed by atoms with Crippen LogP contribution in [0.1, 0.15) is 135 Å². The molecule has 12 heteroatoms. The number of fused-ring (bicyclic) bond motifs is 2. The Labute approximate surface area is 271 Å². The van der Waals surface area contributed by atoms with E-state index in [2.05, 4.69) is 4.18 Å². The van der Waals surface area contributed by atoms with Gasteiger partial charge < -0.3 is 29.8 Å². The predicted molar refractivity (Wildman–Crippen MR) is 173 cm³/mol. The molecule has 0 aliphatic carbocycles. The van der Waals surface area contributed by atoms with E-state index in [1.54, 1.807) is 6.92 Å². The van der Waals surface area contributed by atoms with Gasteiger partial charge in [0, 0.05) is 25.5 Å². The van der Waals surface area contributed by atoms with Crippen LogP contribution in [0.3, 0.4) is 0 Å².